The van der Waals surface area contributed by atoms with Crippen molar-refractivity contribution in [3.8, 4) is 5.75 Å². The van der Waals surface area contributed by atoms with Crippen molar-refractivity contribution in [2.75, 3.05) is 18.0 Å². The minimum absolute atomic E-state index is 0.0399. The molecule has 1 aliphatic carbocycles. The van der Waals surface area contributed by atoms with Gasteiger partial charge in [0.25, 0.3) is 0 Å². The Bertz CT molecular complexity index is 1180. The van der Waals surface area contributed by atoms with Crippen molar-refractivity contribution < 1.29 is 17.9 Å². The molecule has 2 aromatic heterocycles. The number of hydrogen-bond donors (Lipinski definition) is 0. The van der Waals surface area contributed by atoms with Crippen LogP contribution in [-0.2, 0) is 13.0 Å². The van der Waals surface area contributed by atoms with Crippen LogP contribution in [0.25, 0.3) is 0 Å². The molecule has 4 heterocycles. The highest BCUT2D eigenvalue weighted by Crippen LogP contribution is 2.45. The van der Waals surface area contributed by atoms with Gasteiger partial charge in [0.2, 0.25) is 0 Å². The van der Waals surface area contributed by atoms with Crippen LogP contribution < -0.4 is 9.64 Å². The van der Waals surface area contributed by atoms with Gasteiger partial charge in [0.05, 0.1) is 5.69 Å². The monoisotopic (exact) mass is 503 g/mol. The van der Waals surface area contributed by atoms with Crippen LogP contribution in [0.5, 0.6) is 5.75 Å². The molecule has 0 radical (unpaired) electrons. The molecule has 4 atom stereocenters. The highest BCUT2D eigenvalue weighted by Gasteiger charge is 2.43. The zero-order valence-corrected chi connectivity index (χ0v) is 20.4. The van der Waals surface area contributed by atoms with Crippen LogP contribution in [0.4, 0.5) is 18.2 Å². The van der Waals surface area contributed by atoms with E-state index in [1.165, 1.54) is 30.0 Å². The third-order valence-corrected chi connectivity index (χ3v) is 8.75. The van der Waals surface area contributed by atoms with E-state index < -0.39 is 6.36 Å². The third-order valence-electron chi connectivity index (χ3n) is 7.81. The summed E-state index contributed by atoms with van der Waals surface area (Å²) < 4.78 is 48.0. The number of anilines is 1. The maximum Gasteiger partial charge on any atom is 0.573 e. The van der Waals surface area contributed by atoms with E-state index in [4.69, 9.17) is 10.1 Å². The fraction of sp³-hybridized carbons (Fsp3) is 0.560. The number of rotatable bonds is 5. The second-order valence-corrected chi connectivity index (χ2v) is 10.9. The van der Waals surface area contributed by atoms with Crippen LogP contribution in [0, 0.1) is 24.7 Å². The van der Waals surface area contributed by atoms with Crippen LogP contribution in [0.15, 0.2) is 30.3 Å². The molecule has 10 heteroatoms. The fourth-order valence-electron chi connectivity index (χ4n) is 6.26. The number of alkyl halides is 3. The zero-order valence-electron chi connectivity index (χ0n) is 19.5. The van der Waals surface area contributed by atoms with Gasteiger partial charge in [0.15, 0.2) is 5.82 Å². The number of ether oxygens (including phenoxy) is 1. The van der Waals surface area contributed by atoms with Crippen molar-refractivity contribution >= 4 is 16.5 Å². The van der Waals surface area contributed by atoms with Gasteiger partial charge in [-0.15, -0.1) is 13.2 Å². The quantitative estimate of drug-likeness (QED) is 0.456. The van der Waals surface area contributed by atoms with E-state index in [0.29, 0.717) is 17.8 Å². The maximum atomic E-state index is 12.5. The first-order valence-corrected chi connectivity index (χ1v) is 13.1. The lowest BCUT2D eigenvalue weighted by atomic mass is 9.82. The molecule has 2 aliphatic heterocycles. The molecular formula is C25H28F3N5OS. The molecular weight excluding hydrogens is 475 g/mol. The van der Waals surface area contributed by atoms with Gasteiger partial charge in [0, 0.05) is 32.0 Å². The molecule has 6 nitrogen and oxygen atoms in total. The van der Waals surface area contributed by atoms with E-state index in [-0.39, 0.29) is 11.7 Å². The number of aromatic nitrogens is 4. The number of benzene rings is 1. The lowest BCUT2D eigenvalue weighted by molar-refractivity contribution is -0.274. The van der Waals surface area contributed by atoms with E-state index in [0.717, 1.165) is 61.8 Å². The fourth-order valence-corrected chi connectivity index (χ4v) is 7.04. The Morgan fingerprint density at radius 1 is 1.09 bits per heavy atom. The second-order valence-electron chi connectivity index (χ2n) is 10.1. The van der Waals surface area contributed by atoms with Crippen molar-refractivity contribution in [3.05, 3.63) is 53.2 Å². The summed E-state index contributed by atoms with van der Waals surface area (Å²) in [6.45, 7) is 5.03. The number of nitrogens with zero attached hydrogens (tertiary/aromatic N) is 5. The maximum absolute atomic E-state index is 12.5. The van der Waals surface area contributed by atoms with Gasteiger partial charge in [-0.3, -0.25) is 0 Å². The van der Waals surface area contributed by atoms with Crippen LogP contribution in [0.1, 0.15) is 54.5 Å². The standard InChI is InChI=1S/C25H28F3N5OS/c1-15-11-23(35-31-15)32-13-17-4-5-18(14-32)21(17)12-22-29-24-20(3-2-10-33(24)30-22)16-6-8-19(9-7-16)34-25(26,27)28/h6-9,11,17-18,20-21H,2-5,10,12-14H2,1H3/t17-,18+,20?,21?. The molecule has 0 N–H and O–H groups in total. The van der Waals surface area contributed by atoms with E-state index in [9.17, 15) is 13.2 Å². The Balaban J connectivity index is 1.17. The zero-order chi connectivity index (χ0) is 24.2. The molecule has 6 rings (SSSR count). The molecule has 1 saturated carbocycles. The molecule has 3 aromatic rings. The van der Waals surface area contributed by atoms with Crippen molar-refractivity contribution in [2.45, 2.75) is 57.9 Å². The molecule has 35 heavy (non-hydrogen) atoms. The average Bonchev–Trinajstić information content (AvgIpc) is 3.48. The number of piperidine rings is 1. The highest BCUT2D eigenvalue weighted by molar-refractivity contribution is 7.10. The highest BCUT2D eigenvalue weighted by atomic mass is 32.1. The molecule has 0 amide bonds. The molecule has 3 aliphatic rings. The molecule has 1 aromatic carbocycles. The summed E-state index contributed by atoms with van der Waals surface area (Å²) >= 11 is 1.60. The molecule has 1 saturated heterocycles. The van der Waals surface area contributed by atoms with Gasteiger partial charge in [0.1, 0.15) is 16.6 Å². The average molecular weight is 504 g/mol. The first kappa shape index (κ1) is 22.8. The summed E-state index contributed by atoms with van der Waals surface area (Å²) in [6.07, 6.45) is 0.611. The summed E-state index contributed by atoms with van der Waals surface area (Å²) in [6, 6.07) is 8.39. The number of aryl methyl sites for hydroxylation is 2. The van der Waals surface area contributed by atoms with E-state index in [2.05, 4.69) is 20.1 Å². The summed E-state index contributed by atoms with van der Waals surface area (Å²) in [5.74, 6) is 3.57. The molecule has 0 spiro atoms. The van der Waals surface area contributed by atoms with Gasteiger partial charge < -0.3 is 9.64 Å². The van der Waals surface area contributed by atoms with Gasteiger partial charge >= 0.3 is 6.36 Å². The van der Waals surface area contributed by atoms with Crippen LogP contribution in [0.3, 0.4) is 0 Å². The van der Waals surface area contributed by atoms with E-state index in [1.54, 1.807) is 23.7 Å². The second kappa shape index (κ2) is 8.80. The van der Waals surface area contributed by atoms with Crippen molar-refractivity contribution in [1.82, 2.24) is 19.1 Å². The minimum atomic E-state index is -4.68. The molecule has 2 unspecified atom stereocenters. The molecule has 2 bridgehead atoms. The summed E-state index contributed by atoms with van der Waals surface area (Å²) in [7, 11) is 0. The number of hydrogen-bond acceptors (Lipinski definition) is 6. The van der Waals surface area contributed by atoms with Gasteiger partial charge in [-0.2, -0.15) is 9.47 Å². The van der Waals surface area contributed by atoms with Crippen LogP contribution in [0.2, 0.25) is 0 Å². The lowest BCUT2D eigenvalue weighted by Crippen LogP contribution is -2.42. The van der Waals surface area contributed by atoms with Crippen molar-refractivity contribution in [3.63, 3.8) is 0 Å². The minimum Gasteiger partial charge on any atom is -0.406 e. The van der Waals surface area contributed by atoms with Crippen LogP contribution >= 0.6 is 11.5 Å². The van der Waals surface area contributed by atoms with Gasteiger partial charge in [-0.05, 0) is 85.7 Å². The van der Waals surface area contributed by atoms with E-state index >= 15 is 0 Å². The molecule has 2 fully saturated rings. The summed E-state index contributed by atoms with van der Waals surface area (Å²) in [4.78, 5) is 7.49. The Kier molecular flexibility index (Phi) is 5.74. The Labute approximate surface area is 206 Å². The summed E-state index contributed by atoms with van der Waals surface area (Å²) in [5.41, 5.74) is 2.04. The largest absolute Gasteiger partial charge is 0.573 e. The first-order valence-electron chi connectivity index (χ1n) is 12.3. The van der Waals surface area contributed by atoms with Crippen molar-refractivity contribution in [2.24, 2.45) is 17.8 Å². The van der Waals surface area contributed by atoms with Crippen LogP contribution in [-0.4, -0.2) is 38.6 Å². The number of fused-ring (bicyclic) bond motifs is 3. The van der Waals surface area contributed by atoms with Crippen molar-refractivity contribution in [1.29, 1.82) is 0 Å². The third kappa shape index (κ3) is 4.64. The lowest BCUT2D eigenvalue weighted by Gasteiger charge is -2.38. The normalized spacial score (nSPS) is 26.1. The SMILES string of the molecule is Cc1cc(N2C[C@H]3CC[C@@H](C2)C3Cc2nc3n(n2)CCCC3c2ccc(OC(F)(F)F)cc2)sn1. The smallest absolute Gasteiger partial charge is 0.406 e. The topological polar surface area (TPSA) is 56.1 Å². The predicted molar refractivity (Wildman–Crippen MR) is 127 cm³/mol. The molecule has 186 valence electrons. The Hall–Kier alpha value is -2.62. The van der Waals surface area contributed by atoms with E-state index in [1.807, 2.05) is 11.6 Å². The van der Waals surface area contributed by atoms with Gasteiger partial charge in [-0.25, -0.2) is 9.67 Å². The first-order chi connectivity index (χ1) is 16.8. The van der Waals surface area contributed by atoms with Gasteiger partial charge in [-0.1, -0.05) is 12.1 Å². The predicted octanol–water partition coefficient (Wildman–Crippen LogP) is 5.57. The summed E-state index contributed by atoms with van der Waals surface area (Å²) in [5, 5.41) is 6.15. The number of halogens is 3. The Morgan fingerprint density at radius 3 is 2.49 bits per heavy atom. The Morgan fingerprint density at radius 2 is 1.83 bits per heavy atom.